The van der Waals surface area contributed by atoms with Gasteiger partial charge >= 0.3 is 0 Å². The smallest absolute Gasteiger partial charge is 0.258 e. The average molecular weight is 272 g/mol. The Hall–Kier alpha value is -2.21. The van der Waals surface area contributed by atoms with E-state index >= 15 is 0 Å². The predicted molar refractivity (Wildman–Crippen MR) is 77.2 cm³/mol. The van der Waals surface area contributed by atoms with Crippen molar-refractivity contribution in [1.29, 1.82) is 0 Å². The molecule has 19 heavy (non-hydrogen) atoms. The molecule has 1 unspecified atom stereocenters. The number of nitrogens with zero attached hydrogens (tertiary/aromatic N) is 1. The van der Waals surface area contributed by atoms with Gasteiger partial charge in [-0.15, -0.1) is 0 Å². The molecule has 2 heterocycles. The first kappa shape index (κ1) is 11.9. The van der Waals surface area contributed by atoms with Crippen LogP contribution in [-0.4, -0.2) is 15.1 Å². The monoisotopic (exact) mass is 272 g/mol. The number of fused-ring (bicyclic) bond motifs is 1. The minimum absolute atomic E-state index is 0.154. The molecular formula is C13H12N4OS. The predicted octanol–water partition coefficient (Wildman–Crippen LogP) is 1.47. The number of rotatable bonds is 1. The molecule has 0 saturated carbocycles. The zero-order valence-corrected chi connectivity index (χ0v) is 11.0. The van der Waals surface area contributed by atoms with Crippen LogP contribution in [0.25, 0.3) is 0 Å². The van der Waals surface area contributed by atoms with Crippen LogP contribution in [0.3, 0.4) is 0 Å². The normalized spacial score (nSPS) is 17.3. The van der Waals surface area contributed by atoms with Gasteiger partial charge in [-0.1, -0.05) is 30.3 Å². The van der Waals surface area contributed by atoms with Crippen LogP contribution in [0, 0.1) is 6.92 Å². The number of hydrogen-bond donors (Lipinski definition) is 3. The molecule has 3 N–H and O–H groups in total. The fourth-order valence-electron chi connectivity index (χ4n) is 2.20. The Morgan fingerprint density at radius 2 is 2.00 bits per heavy atom. The van der Waals surface area contributed by atoms with Gasteiger partial charge in [0.05, 0.1) is 11.6 Å². The molecule has 2 aromatic rings. The Morgan fingerprint density at radius 1 is 1.26 bits per heavy atom. The lowest BCUT2D eigenvalue weighted by atomic mass is 9.99. The first-order chi connectivity index (χ1) is 9.15. The number of anilines is 1. The molecule has 5 nitrogen and oxygen atoms in total. The molecular weight excluding hydrogens is 260 g/mol. The highest BCUT2D eigenvalue weighted by Gasteiger charge is 2.27. The van der Waals surface area contributed by atoms with Gasteiger partial charge in [-0.05, 0) is 24.7 Å². The van der Waals surface area contributed by atoms with E-state index in [1.54, 1.807) is 6.92 Å². The summed E-state index contributed by atoms with van der Waals surface area (Å²) in [6, 6.07) is 9.42. The minimum Gasteiger partial charge on any atom is -0.351 e. The van der Waals surface area contributed by atoms with Crippen LogP contribution in [0.15, 0.2) is 35.1 Å². The van der Waals surface area contributed by atoms with Crippen LogP contribution in [0.5, 0.6) is 0 Å². The molecule has 1 atom stereocenters. The molecule has 0 spiro atoms. The van der Waals surface area contributed by atoms with E-state index in [2.05, 4.69) is 20.6 Å². The summed E-state index contributed by atoms with van der Waals surface area (Å²) in [6.45, 7) is 1.74. The van der Waals surface area contributed by atoms with Gasteiger partial charge in [0.25, 0.3) is 5.56 Å². The topological polar surface area (TPSA) is 69.8 Å². The molecule has 0 fully saturated rings. The second kappa shape index (κ2) is 4.47. The number of benzene rings is 1. The summed E-state index contributed by atoms with van der Waals surface area (Å²) in [5, 5.41) is 6.51. The molecule has 0 bridgehead atoms. The highest BCUT2D eigenvalue weighted by molar-refractivity contribution is 7.80. The van der Waals surface area contributed by atoms with E-state index in [0.29, 0.717) is 22.3 Å². The molecule has 1 aromatic heterocycles. The van der Waals surface area contributed by atoms with Crippen LogP contribution in [-0.2, 0) is 0 Å². The Labute approximate surface area is 115 Å². The van der Waals surface area contributed by atoms with Crippen molar-refractivity contribution in [2.24, 2.45) is 0 Å². The summed E-state index contributed by atoms with van der Waals surface area (Å²) in [6.07, 6.45) is 0. The van der Waals surface area contributed by atoms with Crippen molar-refractivity contribution in [2.45, 2.75) is 13.0 Å². The van der Waals surface area contributed by atoms with Gasteiger partial charge in [0.1, 0.15) is 11.6 Å². The Bertz CT molecular complexity index is 696. The van der Waals surface area contributed by atoms with Gasteiger partial charge in [0.15, 0.2) is 5.11 Å². The fourth-order valence-corrected chi connectivity index (χ4v) is 2.42. The van der Waals surface area contributed by atoms with Crippen LogP contribution in [0.1, 0.15) is 23.0 Å². The number of aromatic amines is 1. The number of nitrogens with one attached hydrogen (secondary N) is 3. The van der Waals surface area contributed by atoms with Gasteiger partial charge in [0, 0.05) is 0 Å². The van der Waals surface area contributed by atoms with Crippen LogP contribution in [0.4, 0.5) is 5.82 Å². The molecule has 96 valence electrons. The van der Waals surface area contributed by atoms with Crippen molar-refractivity contribution in [3.63, 3.8) is 0 Å². The molecule has 1 aromatic carbocycles. The second-order valence-corrected chi connectivity index (χ2v) is 4.76. The van der Waals surface area contributed by atoms with Crippen molar-refractivity contribution in [3.8, 4) is 0 Å². The zero-order valence-electron chi connectivity index (χ0n) is 10.2. The van der Waals surface area contributed by atoms with Gasteiger partial charge in [-0.25, -0.2) is 4.98 Å². The van der Waals surface area contributed by atoms with Crippen LogP contribution >= 0.6 is 12.2 Å². The van der Waals surface area contributed by atoms with Crippen molar-refractivity contribution in [1.82, 2.24) is 15.3 Å². The average Bonchev–Trinajstić information content (AvgIpc) is 2.38. The van der Waals surface area contributed by atoms with E-state index in [9.17, 15) is 4.79 Å². The van der Waals surface area contributed by atoms with Crippen molar-refractivity contribution >= 4 is 23.1 Å². The van der Waals surface area contributed by atoms with E-state index < -0.39 is 0 Å². The molecule has 0 saturated heterocycles. The van der Waals surface area contributed by atoms with E-state index in [0.717, 1.165) is 5.56 Å². The zero-order chi connectivity index (χ0) is 13.4. The van der Waals surface area contributed by atoms with E-state index in [1.165, 1.54) is 0 Å². The summed E-state index contributed by atoms with van der Waals surface area (Å²) in [5.74, 6) is 1.09. The van der Waals surface area contributed by atoms with Gasteiger partial charge in [0.2, 0.25) is 0 Å². The number of aromatic nitrogens is 2. The Morgan fingerprint density at radius 3 is 2.74 bits per heavy atom. The maximum absolute atomic E-state index is 12.2. The van der Waals surface area contributed by atoms with Crippen LogP contribution < -0.4 is 16.2 Å². The Kier molecular flexibility index (Phi) is 2.79. The third kappa shape index (κ3) is 2.10. The highest BCUT2D eigenvalue weighted by Crippen LogP contribution is 2.27. The van der Waals surface area contributed by atoms with Crippen molar-refractivity contribution in [2.75, 3.05) is 5.32 Å². The molecule has 1 aliphatic rings. The maximum atomic E-state index is 12.2. The quantitative estimate of drug-likeness (QED) is 0.686. The molecule has 0 radical (unpaired) electrons. The van der Waals surface area contributed by atoms with Gasteiger partial charge in [-0.3, -0.25) is 4.79 Å². The largest absolute Gasteiger partial charge is 0.351 e. The van der Waals surface area contributed by atoms with Crippen LogP contribution in [0.2, 0.25) is 0 Å². The standard InChI is InChI=1S/C13H12N4OS/c1-7-14-11-9(12(18)15-7)10(16-13(19)17-11)8-5-3-2-4-6-8/h2-6,10H,1H3,(H3,14,15,16,17,18,19). The summed E-state index contributed by atoms with van der Waals surface area (Å²) in [7, 11) is 0. The lowest BCUT2D eigenvalue weighted by molar-refractivity contribution is 0.731. The highest BCUT2D eigenvalue weighted by atomic mass is 32.1. The van der Waals surface area contributed by atoms with Crippen molar-refractivity contribution in [3.05, 3.63) is 57.6 Å². The Balaban J connectivity index is 2.20. The van der Waals surface area contributed by atoms with E-state index in [1.807, 2.05) is 30.3 Å². The molecule has 1 aliphatic heterocycles. The number of H-pyrrole nitrogens is 1. The molecule has 3 rings (SSSR count). The summed E-state index contributed by atoms with van der Waals surface area (Å²) < 4.78 is 0. The third-order valence-corrected chi connectivity index (χ3v) is 3.22. The third-order valence-electron chi connectivity index (χ3n) is 3.00. The number of thiocarbonyl (C=S) groups is 1. The summed E-state index contributed by atoms with van der Waals surface area (Å²) in [5.41, 5.74) is 1.38. The molecule has 6 heteroatoms. The number of aryl methyl sites for hydroxylation is 1. The molecule has 0 aliphatic carbocycles. The van der Waals surface area contributed by atoms with E-state index in [4.69, 9.17) is 12.2 Å². The second-order valence-electron chi connectivity index (χ2n) is 4.36. The summed E-state index contributed by atoms with van der Waals surface area (Å²) in [4.78, 5) is 19.2. The lowest BCUT2D eigenvalue weighted by Gasteiger charge is -2.27. The lowest BCUT2D eigenvalue weighted by Crippen LogP contribution is -2.42. The maximum Gasteiger partial charge on any atom is 0.258 e. The number of hydrogen-bond acceptors (Lipinski definition) is 3. The van der Waals surface area contributed by atoms with Crippen molar-refractivity contribution < 1.29 is 0 Å². The van der Waals surface area contributed by atoms with Gasteiger partial charge < -0.3 is 15.6 Å². The van der Waals surface area contributed by atoms with Gasteiger partial charge in [-0.2, -0.15) is 0 Å². The molecule has 0 amide bonds. The van der Waals surface area contributed by atoms with E-state index in [-0.39, 0.29) is 11.6 Å². The minimum atomic E-state index is -0.276. The first-order valence-electron chi connectivity index (χ1n) is 5.88. The SMILES string of the molecule is Cc1nc2c(c(=O)[nH]1)C(c1ccccc1)NC(=S)N2. The fraction of sp³-hybridized carbons (Fsp3) is 0.154. The first-order valence-corrected chi connectivity index (χ1v) is 6.29. The summed E-state index contributed by atoms with van der Waals surface area (Å²) >= 11 is 5.17.